The standard InChI is InChI=1S/C13H9ClFN3O/c14-9-2-4-13(17)18-11(9)7-19-12-3-1-8(6-16)5-10(12)15/h1-5H,7H2,(H2,17,18). The van der Waals surface area contributed by atoms with E-state index in [0.29, 0.717) is 16.5 Å². The summed E-state index contributed by atoms with van der Waals surface area (Å²) in [4.78, 5) is 4.00. The van der Waals surface area contributed by atoms with Crippen molar-refractivity contribution < 1.29 is 9.13 Å². The molecular weight excluding hydrogens is 269 g/mol. The maximum absolute atomic E-state index is 13.6. The van der Waals surface area contributed by atoms with Gasteiger partial charge in [0, 0.05) is 0 Å². The number of nitriles is 1. The number of hydrogen-bond acceptors (Lipinski definition) is 4. The fraction of sp³-hybridized carbons (Fsp3) is 0.0769. The predicted octanol–water partition coefficient (Wildman–Crippen LogP) is 2.91. The molecule has 0 aliphatic rings. The Morgan fingerprint density at radius 1 is 1.37 bits per heavy atom. The minimum atomic E-state index is -0.612. The summed E-state index contributed by atoms with van der Waals surface area (Å²) in [5, 5.41) is 9.02. The summed E-state index contributed by atoms with van der Waals surface area (Å²) in [6.45, 7) is -0.00725. The number of nitrogen functional groups attached to an aromatic ring is 1. The van der Waals surface area contributed by atoms with Gasteiger partial charge in [-0.15, -0.1) is 0 Å². The molecule has 6 heteroatoms. The molecule has 0 spiro atoms. The Kier molecular flexibility index (Phi) is 3.83. The first-order valence-electron chi connectivity index (χ1n) is 5.33. The highest BCUT2D eigenvalue weighted by Crippen LogP contribution is 2.21. The first-order chi connectivity index (χ1) is 9.10. The van der Waals surface area contributed by atoms with E-state index in [-0.39, 0.29) is 17.9 Å². The molecule has 4 nitrogen and oxygen atoms in total. The van der Waals surface area contributed by atoms with Gasteiger partial charge in [-0.05, 0) is 30.3 Å². The summed E-state index contributed by atoms with van der Waals surface area (Å²) >= 11 is 5.92. The van der Waals surface area contributed by atoms with E-state index in [1.54, 1.807) is 12.1 Å². The van der Waals surface area contributed by atoms with Crippen molar-refractivity contribution in [3.8, 4) is 11.8 Å². The highest BCUT2D eigenvalue weighted by molar-refractivity contribution is 6.31. The van der Waals surface area contributed by atoms with Crippen LogP contribution >= 0.6 is 11.6 Å². The van der Waals surface area contributed by atoms with E-state index in [0.717, 1.165) is 6.07 Å². The van der Waals surface area contributed by atoms with Crippen molar-refractivity contribution in [2.24, 2.45) is 0 Å². The van der Waals surface area contributed by atoms with Crippen LogP contribution < -0.4 is 10.5 Å². The number of nitrogens with zero attached hydrogens (tertiary/aromatic N) is 2. The highest BCUT2D eigenvalue weighted by atomic mass is 35.5. The summed E-state index contributed by atoms with van der Waals surface area (Å²) in [5.41, 5.74) is 6.18. The van der Waals surface area contributed by atoms with E-state index in [1.807, 2.05) is 6.07 Å². The quantitative estimate of drug-likeness (QED) is 0.936. The molecule has 0 bridgehead atoms. The zero-order valence-electron chi connectivity index (χ0n) is 9.73. The zero-order chi connectivity index (χ0) is 13.8. The molecule has 0 saturated carbocycles. The van der Waals surface area contributed by atoms with Gasteiger partial charge in [-0.2, -0.15) is 5.26 Å². The topological polar surface area (TPSA) is 71.9 Å². The smallest absolute Gasteiger partial charge is 0.166 e. The van der Waals surface area contributed by atoms with E-state index in [2.05, 4.69) is 4.98 Å². The van der Waals surface area contributed by atoms with Gasteiger partial charge < -0.3 is 10.5 Å². The summed E-state index contributed by atoms with van der Waals surface area (Å²) in [5.74, 6) is -0.276. The third-order valence-electron chi connectivity index (χ3n) is 2.37. The molecule has 96 valence electrons. The molecule has 0 fully saturated rings. The zero-order valence-corrected chi connectivity index (χ0v) is 10.5. The maximum Gasteiger partial charge on any atom is 0.166 e. The van der Waals surface area contributed by atoms with Gasteiger partial charge in [-0.1, -0.05) is 11.6 Å². The lowest BCUT2D eigenvalue weighted by atomic mass is 10.2. The van der Waals surface area contributed by atoms with Crippen molar-refractivity contribution in [2.75, 3.05) is 5.73 Å². The van der Waals surface area contributed by atoms with Gasteiger partial charge in [0.15, 0.2) is 11.6 Å². The first-order valence-corrected chi connectivity index (χ1v) is 5.71. The second kappa shape index (κ2) is 5.55. The van der Waals surface area contributed by atoms with Crippen molar-refractivity contribution in [3.05, 3.63) is 52.4 Å². The Hall–Kier alpha value is -2.32. The summed E-state index contributed by atoms with van der Waals surface area (Å²) < 4.78 is 18.8. The minimum Gasteiger partial charge on any atom is -0.484 e. The molecule has 0 amide bonds. The lowest BCUT2D eigenvalue weighted by Gasteiger charge is -2.08. The predicted molar refractivity (Wildman–Crippen MR) is 69.1 cm³/mol. The molecule has 1 aromatic carbocycles. The van der Waals surface area contributed by atoms with Crippen LogP contribution in [0.4, 0.5) is 10.2 Å². The number of hydrogen-bond donors (Lipinski definition) is 1. The number of ether oxygens (including phenoxy) is 1. The van der Waals surface area contributed by atoms with Crippen molar-refractivity contribution in [2.45, 2.75) is 6.61 Å². The van der Waals surface area contributed by atoms with Crippen molar-refractivity contribution in [1.82, 2.24) is 4.98 Å². The molecule has 0 saturated heterocycles. The molecule has 2 rings (SSSR count). The Balaban J connectivity index is 2.15. The van der Waals surface area contributed by atoms with Crippen LogP contribution in [-0.2, 0) is 6.61 Å². The molecule has 0 atom stereocenters. The van der Waals surface area contributed by atoms with Gasteiger partial charge in [0.25, 0.3) is 0 Å². The highest BCUT2D eigenvalue weighted by Gasteiger charge is 2.08. The number of rotatable bonds is 3. The number of pyridine rings is 1. The van der Waals surface area contributed by atoms with Crippen LogP contribution in [0.1, 0.15) is 11.3 Å². The van der Waals surface area contributed by atoms with Crippen LogP contribution in [-0.4, -0.2) is 4.98 Å². The molecule has 0 unspecified atom stereocenters. The van der Waals surface area contributed by atoms with E-state index in [9.17, 15) is 4.39 Å². The second-order valence-electron chi connectivity index (χ2n) is 3.71. The molecular formula is C13H9ClFN3O. The molecule has 0 radical (unpaired) electrons. The maximum atomic E-state index is 13.6. The Bertz CT molecular complexity index is 655. The molecule has 1 aromatic heterocycles. The summed E-state index contributed by atoms with van der Waals surface area (Å²) in [6.07, 6.45) is 0. The molecule has 0 aliphatic heterocycles. The van der Waals surface area contributed by atoms with Crippen LogP contribution in [0.5, 0.6) is 5.75 Å². The monoisotopic (exact) mass is 277 g/mol. The van der Waals surface area contributed by atoms with Crippen LogP contribution in [0.15, 0.2) is 30.3 Å². The van der Waals surface area contributed by atoms with Crippen molar-refractivity contribution >= 4 is 17.4 Å². The van der Waals surface area contributed by atoms with Gasteiger partial charge in [0.2, 0.25) is 0 Å². The Morgan fingerprint density at radius 3 is 2.84 bits per heavy atom. The van der Waals surface area contributed by atoms with Gasteiger partial charge in [-0.25, -0.2) is 9.37 Å². The van der Waals surface area contributed by atoms with Gasteiger partial charge in [0.05, 0.1) is 22.3 Å². The Labute approximate surface area is 114 Å². The summed E-state index contributed by atoms with van der Waals surface area (Å²) in [7, 11) is 0. The molecule has 2 N–H and O–H groups in total. The summed E-state index contributed by atoms with van der Waals surface area (Å²) in [6, 6.07) is 8.95. The first kappa shape index (κ1) is 13.1. The SMILES string of the molecule is N#Cc1ccc(OCc2nc(N)ccc2Cl)c(F)c1. The van der Waals surface area contributed by atoms with Gasteiger partial charge >= 0.3 is 0 Å². The van der Waals surface area contributed by atoms with Crippen LogP contribution in [0.2, 0.25) is 5.02 Å². The number of benzene rings is 1. The largest absolute Gasteiger partial charge is 0.484 e. The molecule has 19 heavy (non-hydrogen) atoms. The van der Waals surface area contributed by atoms with E-state index < -0.39 is 5.82 Å². The average molecular weight is 278 g/mol. The van der Waals surface area contributed by atoms with Gasteiger partial charge in [0.1, 0.15) is 12.4 Å². The van der Waals surface area contributed by atoms with E-state index in [1.165, 1.54) is 12.1 Å². The van der Waals surface area contributed by atoms with Crippen molar-refractivity contribution in [3.63, 3.8) is 0 Å². The minimum absolute atomic E-state index is 0.00725. The second-order valence-corrected chi connectivity index (χ2v) is 4.12. The van der Waals surface area contributed by atoms with Crippen LogP contribution in [0.3, 0.4) is 0 Å². The fourth-order valence-electron chi connectivity index (χ4n) is 1.44. The Morgan fingerprint density at radius 2 is 2.16 bits per heavy atom. The molecule has 2 aromatic rings. The number of anilines is 1. The van der Waals surface area contributed by atoms with Crippen LogP contribution in [0, 0.1) is 17.1 Å². The molecule has 1 heterocycles. The number of halogens is 2. The number of aromatic nitrogens is 1. The molecule has 0 aliphatic carbocycles. The normalized spacial score (nSPS) is 9.95. The fourth-order valence-corrected chi connectivity index (χ4v) is 1.60. The third-order valence-corrected chi connectivity index (χ3v) is 2.71. The van der Waals surface area contributed by atoms with E-state index in [4.69, 9.17) is 27.3 Å². The lowest BCUT2D eigenvalue weighted by Crippen LogP contribution is -2.03. The van der Waals surface area contributed by atoms with E-state index >= 15 is 0 Å². The lowest BCUT2D eigenvalue weighted by molar-refractivity contribution is 0.286. The average Bonchev–Trinajstić information content (AvgIpc) is 2.40. The van der Waals surface area contributed by atoms with Gasteiger partial charge in [-0.3, -0.25) is 0 Å². The third kappa shape index (κ3) is 3.12. The van der Waals surface area contributed by atoms with Crippen LogP contribution in [0.25, 0.3) is 0 Å². The van der Waals surface area contributed by atoms with Crippen molar-refractivity contribution in [1.29, 1.82) is 5.26 Å². The number of nitrogens with two attached hydrogens (primary N) is 1.